The topological polar surface area (TPSA) is 81.4 Å². The molecule has 0 aliphatic carbocycles. The number of primary amides is 1. The lowest BCUT2D eigenvalue weighted by Crippen LogP contribution is -2.35. The second-order valence-corrected chi connectivity index (χ2v) is 1.52. The van der Waals surface area contributed by atoms with Crippen molar-refractivity contribution in [1.29, 1.82) is 0 Å². The molecule has 0 heterocycles. The smallest absolute Gasteiger partial charge is 0.319 e. The fourth-order valence-electron chi connectivity index (χ4n) is 0.329. The fourth-order valence-corrected chi connectivity index (χ4v) is 0.329. The number of nitrogens with two attached hydrogens (primary N) is 1. The van der Waals surface area contributed by atoms with E-state index in [4.69, 9.17) is 0 Å². The normalized spacial score (nSPS) is 10.5. The molecule has 0 unspecified atom stereocenters. The van der Waals surface area contributed by atoms with Gasteiger partial charge in [-0.15, -0.1) is 0 Å². The average Bonchev–Trinajstić information content (AvgIpc) is 1.86. The number of ether oxygens (including phenoxy) is 1. The van der Waals surface area contributed by atoms with Gasteiger partial charge in [0, 0.05) is 0 Å². The second-order valence-electron chi connectivity index (χ2n) is 1.52. The van der Waals surface area contributed by atoms with Crippen molar-refractivity contribution in [2.75, 3.05) is 7.11 Å². The maximum Gasteiger partial charge on any atom is 0.319 e. The predicted octanol–water partition coefficient (Wildman–Crippen LogP) is -0.361. The van der Waals surface area contributed by atoms with Crippen molar-refractivity contribution in [3.63, 3.8) is 0 Å². The minimum Gasteiger partial charge on any atom is -0.501 e. The summed E-state index contributed by atoms with van der Waals surface area (Å²) in [4.78, 5) is 20.4. The lowest BCUT2D eigenvalue weighted by molar-refractivity contribution is -0.117. The van der Waals surface area contributed by atoms with E-state index in [0.29, 0.717) is 6.26 Å². The van der Waals surface area contributed by atoms with Gasteiger partial charge >= 0.3 is 6.03 Å². The zero-order chi connectivity index (χ0) is 8.85. The molecule has 0 aromatic heterocycles. The van der Waals surface area contributed by atoms with Crippen molar-refractivity contribution in [2.24, 2.45) is 5.73 Å². The van der Waals surface area contributed by atoms with Gasteiger partial charge in [-0.05, 0) is 0 Å². The van der Waals surface area contributed by atoms with Crippen LogP contribution in [0.1, 0.15) is 0 Å². The maximum absolute atomic E-state index is 12.3. The van der Waals surface area contributed by atoms with Crippen LogP contribution < -0.4 is 11.1 Å². The molecule has 0 aliphatic rings. The van der Waals surface area contributed by atoms with Crippen LogP contribution in [0.2, 0.25) is 0 Å². The van der Waals surface area contributed by atoms with Crippen molar-refractivity contribution in [3.8, 4) is 0 Å². The molecule has 0 aliphatic heterocycles. The summed E-state index contributed by atoms with van der Waals surface area (Å²) in [5, 5.41) is 1.50. The van der Waals surface area contributed by atoms with Gasteiger partial charge in [0.05, 0.1) is 7.11 Å². The summed E-state index contributed by atoms with van der Waals surface area (Å²) in [6, 6.07) is -1.12. The van der Waals surface area contributed by atoms with Crippen molar-refractivity contribution in [3.05, 3.63) is 12.1 Å². The van der Waals surface area contributed by atoms with Gasteiger partial charge in [-0.1, -0.05) is 0 Å². The zero-order valence-electron chi connectivity index (χ0n) is 5.76. The predicted molar refractivity (Wildman–Crippen MR) is 33.9 cm³/mol. The van der Waals surface area contributed by atoms with Crippen LogP contribution in [-0.2, 0) is 9.53 Å². The Morgan fingerprint density at radius 2 is 2.18 bits per heavy atom. The van der Waals surface area contributed by atoms with E-state index in [9.17, 15) is 14.0 Å². The van der Waals surface area contributed by atoms with Crippen LogP contribution in [-0.4, -0.2) is 19.0 Å². The number of carbonyl (C=O) groups is 2. The van der Waals surface area contributed by atoms with E-state index in [-0.39, 0.29) is 0 Å². The molecule has 6 heteroatoms. The first-order valence-electron chi connectivity index (χ1n) is 2.57. The third kappa shape index (κ3) is 3.90. The van der Waals surface area contributed by atoms with Gasteiger partial charge in [0.15, 0.2) is 0 Å². The van der Waals surface area contributed by atoms with Gasteiger partial charge in [0.1, 0.15) is 6.26 Å². The minimum atomic E-state index is -1.22. The molecule has 0 rings (SSSR count). The Labute approximate surface area is 62.0 Å². The second kappa shape index (κ2) is 4.26. The fraction of sp³-hybridized carbons (Fsp3) is 0.200. The van der Waals surface area contributed by atoms with E-state index in [1.165, 1.54) is 5.32 Å². The largest absolute Gasteiger partial charge is 0.501 e. The zero-order valence-corrected chi connectivity index (χ0v) is 5.76. The van der Waals surface area contributed by atoms with Crippen LogP contribution in [0.25, 0.3) is 0 Å². The molecule has 0 aromatic rings. The van der Waals surface area contributed by atoms with E-state index in [0.717, 1.165) is 7.11 Å². The Bertz CT molecular complexity index is 202. The highest BCUT2D eigenvalue weighted by Gasteiger charge is 2.09. The van der Waals surface area contributed by atoms with E-state index in [2.05, 4.69) is 10.5 Å². The summed E-state index contributed by atoms with van der Waals surface area (Å²) < 4.78 is 16.4. The van der Waals surface area contributed by atoms with Crippen LogP contribution >= 0.6 is 0 Å². The molecule has 0 radical (unpaired) electrons. The molecule has 0 atom stereocenters. The van der Waals surface area contributed by atoms with Crippen molar-refractivity contribution in [1.82, 2.24) is 5.32 Å². The van der Waals surface area contributed by atoms with Crippen LogP contribution in [0.5, 0.6) is 0 Å². The van der Waals surface area contributed by atoms with Gasteiger partial charge in [-0.25, -0.2) is 4.79 Å². The molecular formula is C5H7FN2O3. The Morgan fingerprint density at radius 3 is 2.55 bits per heavy atom. The van der Waals surface area contributed by atoms with E-state index in [1.54, 1.807) is 0 Å². The molecule has 11 heavy (non-hydrogen) atoms. The van der Waals surface area contributed by atoms with Gasteiger partial charge in [0.2, 0.25) is 5.83 Å². The summed E-state index contributed by atoms with van der Waals surface area (Å²) in [7, 11) is 1.16. The van der Waals surface area contributed by atoms with Crippen LogP contribution in [0, 0.1) is 0 Å². The molecule has 3 N–H and O–H groups in total. The lowest BCUT2D eigenvalue weighted by Gasteiger charge is -1.95. The van der Waals surface area contributed by atoms with Gasteiger partial charge < -0.3 is 10.5 Å². The molecule has 3 amide bonds. The first kappa shape index (κ1) is 9.41. The Hall–Kier alpha value is -1.59. The number of amides is 3. The number of rotatable bonds is 2. The molecule has 5 nitrogen and oxygen atoms in total. The number of imide groups is 1. The van der Waals surface area contributed by atoms with Gasteiger partial charge in [-0.3, -0.25) is 10.1 Å². The van der Waals surface area contributed by atoms with Crippen molar-refractivity contribution in [2.45, 2.75) is 0 Å². The first-order chi connectivity index (χ1) is 5.07. The highest BCUT2D eigenvalue weighted by molar-refractivity contribution is 6.01. The van der Waals surface area contributed by atoms with E-state index in [1.807, 2.05) is 0 Å². The highest BCUT2D eigenvalue weighted by atomic mass is 19.1. The minimum absolute atomic E-state index is 0.554. The third-order valence-corrected chi connectivity index (χ3v) is 0.675. The molecule has 0 fully saturated rings. The number of urea groups is 1. The summed E-state index contributed by atoms with van der Waals surface area (Å²) in [5.74, 6) is -2.44. The Kier molecular flexibility index (Phi) is 3.65. The molecular weight excluding hydrogens is 155 g/mol. The van der Waals surface area contributed by atoms with Crippen molar-refractivity contribution < 1.29 is 18.7 Å². The summed E-state index contributed by atoms with van der Waals surface area (Å²) >= 11 is 0. The van der Waals surface area contributed by atoms with Gasteiger partial charge in [0.25, 0.3) is 5.91 Å². The molecule has 62 valence electrons. The van der Waals surface area contributed by atoms with Crippen molar-refractivity contribution >= 4 is 11.9 Å². The maximum atomic E-state index is 12.3. The number of nitrogens with one attached hydrogen (secondary N) is 1. The quantitative estimate of drug-likeness (QED) is 0.429. The lowest BCUT2D eigenvalue weighted by atomic mass is 10.5. The molecule has 0 aromatic carbocycles. The summed E-state index contributed by atoms with van der Waals surface area (Å²) in [5.41, 5.74) is 4.52. The number of hydrogen-bond acceptors (Lipinski definition) is 3. The SMILES string of the molecule is CO/C=C(\F)C(=O)NC(N)=O. The number of hydrogen-bond donors (Lipinski definition) is 2. The highest BCUT2D eigenvalue weighted by Crippen LogP contribution is 1.94. The summed E-state index contributed by atoms with van der Waals surface area (Å²) in [6.45, 7) is 0. The molecule has 0 saturated carbocycles. The monoisotopic (exact) mass is 162 g/mol. The van der Waals surface area contributed by atoms with E-state index < -0.39 is 17.8 Å². The molecule has 0 saturated heterocycles. The average molecular weight is 162 g/mol. The first-order valence-corrected chi connectivity index (χ1v) is 2.57. The molecule has 0 bridgehead atoms. The van der Waals surface area contributed by atoms with Crippen LogP contribution in [0.4, 0.5) is 9.18 Å². The number of carbonyl (C=O) groups excluding carboxylic acids is 2. The standard InChI is InChI=1S/C5H7FN2O3/c1-11-2-3(6)4(9)8-5(7)10/h2H,1H3,(H3,7,8,9,10)/b3-2-. The van der Waals surface area contributed by atoms with Gasteiger partial charge in [-0.2, -0.15) is 4.39 Å². The summed E-state index contributed by atoms with van der Waals surface area (Å²) in [6.07, 6.45) is 0.554. The number of halogens is 1. The van der Waals surface area contributed by atoms with Crippen LogP contribution in [0.15, 0.2) is 12.1 Å². The van der Waals surface area contributed by atoms with E-state index >= 15 is 0 Å². The Balaban J connectivity index is 4.03. The Morgan fingerprint density at radius 1 is 1.64 bits per heavy atom. The number of methoxy groups -OCH3 is 1. The molecule has 0 spiro atoms. The van der Waals surface area contributed by atoms with Crippen LogP contribution in [0.3, 0.4) is 0 Å². The third-order valence-electron chi connectivity index (χ3n) is 0.675.